The van der Waals surface area contributed by atoms with Gasteiger partial charge in [-0.25, -0.2) is 0 Å². The number of thiocarbonyl (C=S) groups is 1. The molecule has 148 valence electrons. The molecule has 2 aliphatic rings. The number of allylic oxidation sites excluding steroid dienone is 2. The van der Waals surface area contributed by atoms with Crippen LogP contribution in [0.2, 0.25) is 0 Å². The number of amides is 1. The standard InChI is InChI=1S/C23H23N3OS2/c27-22-21(13-7-10-19-8-3-1-4-9-19)29-23(28)26(22)18-24-14-16-25(17-15-24)20-11-5-2-6-12-20/h1-13H,14-18H2/b10-7+,21-13+. The lowest BCUT2D eigenvalue weighted by Gasteiger charge is -2.37. The number of benzene rings is 2. The van der Waals surface area contributed by atoms with Crippen LogP contribution < -0.4 is 4.90 Å². The molecular weight excluding hydrogens is 398 g/mol. The largest absolute Gasteiger partial charge is 0.369 e. The first-order valence-electron chi connectivity index (χ1n) is 9.70. The summed E-state index contributed by atoms with van der Waals surface area (Å²) in [5.74, 6) is 0.00296. The fourth-order valence-corrected chi connectivity index (χ4v) is 4.63. The number of carbonyl (C=O) groups is 1. The van der Waals surface area contributed by atoms with E-state index < -0.39 is 0 Å². The molecule has 1 amide bonds. The number of nitrogens with zero attached hydrogens (tertiary/aromatic N) is 3. The molecule has 2 aromatic carbocycles. The SMILES string of the molecule is O=C1/C(=C\C=C\c2ccccc2)SC(=S)N1CN1CCN(c2ccccc2)CC1. The topological polar surface area (TPSA) is 26.8 Å². The Morgan fingerprint density at radius 3 is 2.28 bits per heavy atom. The second-order valence-corrected chi connectivity index (χ2v) is 8.66. The van der Waals surface area contributed by atoms with Crippen molar-refractivity contribution < 1.29 is 4.79 Å². The van der Waals surface area contributed by atoms with Gasteiger partial charge in [0.2, 0.25) is 0 Å². The maximum atomic E-state index is 12.8. The molecule has 29 heavy (non-hydrogen) atoms. The molecule has 4 rings (SSSR count). The Kier molecular flexibility index (Phi) is 6.44. The molecule has 0 N–H and O–H groups in total. The quantitative estimate of drug-likeness (QED) is 0.532. The van der Waals surface area contributed by atoms with Crippen molar-refractivity contribution in [3.05, 3.63) is 83.3 Å². The van der Waals surface area contributed by atoms with Crippen molar-refractivity contribution >= 4 is 46.0 Å². The fourth-order valence-electron chi connectivity index (χ4n) is 3.43. The van der Waals surface area contributed by atoms with Gasteiger partial charge in [0.25, 0.3) is 5.91 Å². The smallest absolute Gasteiger partial charge is 0.267 e. The summed E-state index contributed by atoms with van der Waals surface area (Å²) in [5.41, 5.74) is 2.36. The molecule has 0 bridgehead atoms. The van der Waals surface area contributed by atoms with Gasteiger partial charge in [-0.3, -0.25) is 14.6 Å². The van der Waals surface area contributed by atoms with Crippen LogP contribution in [0.4, 0.5) is 5.69 Å². The molecule has 0 aliphatic carbocycles. The van der Waals surface area contributed by atoms with E-state index >= 15 is 0 Å². The van der Waals surface area contributed by atoms with Gasteiger partial charge in [0.15, 0.2) is 0 Å². The van der Waals surface area contributed by atoms with Crippen molar-refractivity contribution in [2.45, 2.75) is 0 Å². The molecule has 0 saturated carbocycles. The molecule has 6 heteroatoms. The summed E-state index contributed by atoms with van der Waals surface area (Å²) in [5, 5.41) is 0. The van der Waals surface area contributed by atoms with Gasteiger partial charge in [-0.15, -0.1) is 0 Å². The third-order valence-electron chi connectivity index (χ3n) is 5.04. The number of hydrogen-bond donors (Lipinski definition) is 0. The minimum absolute atomic E-state index is 0.00296. The zero-order valence-electron chi connectivity index (χ0n) is 16.1. The van der Waals surface area contributed by atoms with E-state index in [0.717, 1.165) is 31.7 Å². The molecular formula is C23H23N3OS2. The van der Waals surface area contributed by atoms with Gasteiger partial charge in [0, 0.05) is 31.9 Å². The van der Waals surface area contributed by atoms with E-state index in [1.807, 2.05) is 54.6 Å². The van der Waals surface area contributed by atoms with Crippen molar-refractivity contribution in [1.82, 2.24) is 9.80 Å². The molecule has 2 aromatic rings. The van der Waals surface area contributed by atoms with Crippen molar-refractivity contribution in [2.75, 3.05) is 37.7 Å². The van der Waals surface area contributed by atoms with Gasteiger partial charge in [-0.05, 0) is 23.8 Å². The number of para-hydroxylation sites is 1. The molecule has 4 nitrogen and oxygen atoms in total. The highest BCUT2D eigenvalue weighted by atomic mass is 32.2. The number of thioether (sulfide) groups is 1. The second kappa shape index (κ2) is 9.39. The summed E-state index contributed by atoms with van der Waals surface area (Å²) in [6, 6.07) is 20.5. The summed E-state index contributed by atoms with van der Waals surface area (Å²) in [4.78, 5) is 19.9. The summed E-state index contributed by atoms with van der Waals surface area (Å²) in [6.07, 6.45) is 5.77. The highest BCUT2D eigenvalue weighted by molar-refractivity contribution is 8.26. The molecule has 2 heterocycles. The van der Waals surface area contributed by atoms with Crippen molar-refractivity contribution in [3.63, 3.8) is 0 Å². The third-order valence-corrected chi connectivity index (χ3v) is 6.44. The van der Waals surface area contributed by atoms with Crippen LogP contribution in [-0.4, -0.2) is 52.9 Å². The van der Waals surface area contributed by atoms with Crippen LogP contribution in [0.3, 0.4) is 0 Å². The van der Waals surface area contributed by atoms with E-state index in [-0.39, 0.29) is 5.91 Å². The average molecular weight is 422 g/mol. The van der Waals surface area contributed by atoms with Crippen LogP contribution in [0.25, 0.3) is 6.08 Å². The summed E-state index contributed by atoms with van der Waals surface area (Å²) in [7, 11) is 0. The van der Waals surface area contributed by atoms with Gasteiger partial charge < -0.3 is 4.90 Å². The number of rotatable bonds is 5. The predicted octanol–water partition coefficient (Wildman–Crippen LogP) is 4.22. The molecule has 0 radical (unpaired) electrons. The zero-order valence-corrected chi connectivity index (χ0v) is 17.7. The first-order chi connectivity index (χ1) is 14.2. The first-order valence-corrected chi connectivity index (χ1v) is 10.9. The Morgan fingerprint density at radius 2 is 1.59 bits per heavy atom. The molecule has 2 aliphatic heterocycles. The number of anilines is 1. The van der Waals surface area contributed by atoms with Crippen molar-refractivity contribution in [2.24, 2.45) is 0 Å². The average Bonchev–Trinajstić information content (AvgIpc) is 3.03. The number of carbonyl (C=O) groups excluding carboxylic acids is 1. The molecule has 2 fully saturated rings. The lowest BCUT2D eigenvalue weighted by molar-refractivity contribution is -0.123. The van der Waals surface area contributed by atoms with Crippen molar-refractivity contribution in [1.29, 1.82) is 0 Å². The van der Waals surface area contributed by atoms with Crippen LogP contribution in [-0.2, 0) is 4.79 Å². The minimum atomic E-state index is 0.00296. The van der Waals surface area contributed by atoms with E-state index in [4.69, 9.17) is 12.2 Å². The van der Waals surface area contributed by atoms with E-state index in [1.54, 1.807) is 4.90 Å². The molecule has 0 unspecified atom stereocenters. The minimum Gasteiger partial charge on any atom is -0.369 e. The molecule has 0 spiro atoms. The van der Waals surface area contributed by atoms with Gasteiger partial charge in [-0.2, -0.15) is 0 Å². The fraction of sp³-hybridized carbons (Fsp3) is 0.217. The first kappa shape index (κ1) is 19.9. The van der Waals surface area contributed by atoms with Crippen LogP contribution in [0.5, 0.6) is 0 Å². The summed E-state index contributed by atoms with van der Waals surface area (Å²) in [6.45, 7) is 4.30. The zero-order chi connectivity index (χ0) is 20.1. The van der Waals surface area contributed by atoms with Crippen LogP contribution >= 0.6 is 24.0 Å². The van der Waals surface area contributed by atoms with Gasteiger partial charge in [0.1, 0.15) is 4.32 Å². The van der Waals surface area contributed by atoms with E-state index in [2.05, 4.69) is 34.1 Å². The van der Waals surface area contributed by atoms with E-state index in [0.29, 0.717) is 15.9 Å². The lowest BCUT2D eigenvalue weighted by Crippen LogP contribution is -2.50. The van der Waals surface area contributed by atoms with E-state index in [9.17, 15) is 4.79 Å². The van der Waals surface area contributed by atoms with E-state index in [1.165, 1.54) is 17.4 Å². The highest BCUT2D eigenvalue weighted by Crippen LogP contribution is 2.31. The molecule has 2 saturated heterocycles. The van der Waals surface area contributed by atoms with Gasteiger partial charge in [-0.1, -0.05) is 84.7 Å². The summed E-state index contributed by atoms with van der Waals surface area (Å²) < 4.78 is 0.639. The second-order valence-electron chi connectivity index (χ2n) is 6.98. The maximum absolute atomic E-state index is 12.8. The Balaban J connectivity index is 1.33. The Bertz CT molecular complexity index is 920. The Hall–Kier alpha value is -2.41. The van der Waals surface area contributed by atoms with Crippen LogP contribution in [0.1, 0.15) is 5.56 Å². The van der Waals surface area contributed by atoms with Gasteiger partial charge in [0.05, 0.1) is 11.6 Å². The molecule has 0 atom stereocenters. The highest BCUT2D eigenvalue weighted by Gasteiger charge is 2.33. The number of piperazine rings is 1. The Morgan fingerprint density at radius 1 is 0.931 bits per heavy atom. The summed E-state index contributed by atoms with van der Waals surface area (Å²) >= 11 is 6.86. The van der Waals surface area contributed by atoms with Crippen LogP contribution in [0.15, 0.2) is 77.7 Å². The lowest BCUT2D eigenvalue weighted by atomic mass is 10.2. The van der Waals surface area contributed by atoms with Crippen molar-refractivity contribution in [3.8, 4) is 0 Å². The maximum Gasteiger partial charge on any atom is 0.267 e. The Labute approximate surface area is 181 Å². The number of hydrogen-bond acceptors (Lipinski definition) is 5. The van der Waals surface area contributed by atoms with Gasteiger partial charge >= 0.3 is 0 Å². The van der Waals surface area contributed by atoms with Crippen LogP contribution in [0, 0.1) is 0 Å². The monoisotopic (exact) mass is 421 g/mol. The third kappa shape index (κ3) is 4.96. The predicted molar refractivity (Wildman–Crippen MR) is 126 cm³/mol. The molecule has 0 aromatic heterocycles. The normalized spacial score (nSPS) is 19.7.